The Bertz CT molecular complexity index is 853. The number of carbonyl (C=O) groups is 1. The van der Waals surface area contributed by atoms with E-state index in [0.717, 1.165) is 31.3 Å². The first-order valence-electron chi connectivity index (χ1n) is 7.63. The molecule has 1 aliphatic rings. The van der Waals surface area contributed by atoms with Gasteiger partial charge in [0.05, 0.1) is 12.7 Å². The first-order valence-corrected chi connectivity index (χ1v) is 8.51. The Labute approximate surface area is 142 Å². The van der Waals surface area contributed by atoms with Crippen molar-refractivity contribution < 1.29 is 13.9 Å². The summed E-state index contributed by atoms with van der Waals surface area (Å²) in [5.41, 5.74) is 1.56. The van der Waals surface area contributed by atoms with Gasteiger partial charge in [0.25, 0.3) is 6.01 Å². The molecule has 1 saturated heterocycles. The van der Waals surface area contributed by atoms with Crippen molar-refractivity contribution in [2.45, 2.75) is 0 Å². The molecule has 7 nitrogen and oxygen atoms in total. The van der Waals surface area contributed by atoms with Gasteiger partial charge in [-0.2, -0.15) is 4.98 Å². The van der Waals surface area contributed by atoms with Crippen LogP contribution >= 0.6 is 11.3 Å². The summed E-state index contributed by atoms with van der Waals surface area (Å²) in [7, 11) is 1.36. The Morgan fingerprint density at radius 3 is 2.75 bits per heavy atom. The lowest BCUT2D eigenvalue weighted by Crippen LogP contribution is -2.46. The van der Waals surface area contributed by atoms with Gasteiger partial charge >= 0.3 is 5.97 Å². The second-order valence-electron chi connectivity index (χ2n) is 5.43. The van der Waals surface area contributed by atoms with Crippen molar-refractivity contribution in [3.05, 3.63) is 35.3 Å². The highest BCUT2D eigenvalue weighted by Crippen LogP contribution is 2.27. The summed E-state index contributed by atoms with van der Waals surface area (Å²) < 4.78 is 10.7. The molecule has 124 valence electrons. The van der Waals surface area contributed by atoms with Crippen LogP contribution in [0.15, 0.2) is 34.2 Å². The van der Waals surface area contributed by atoms with Crippen molar-refractivity contribution in [3.63, 3.8) is 0 Å². The van der Waals surface area contributed by atoms with Gasteiger partial charge < -0.3 is 19.0 Å². The summed E-state index contributed by atoms with van der Waals surface area (Å²) in [5.74, 6) is -0.408. The number of anilines is 2. The average molecular weight is 344 g/mol. The highest BCUT2D eigenvalue weighted by molar-refractivity contribution is 7.13. The van der Waals surface area contributed by atoms with E-state index in [1.54, 1.807) is 23.5 Å². The van der Waals surface area contributed by atoms with Crippen LogP contribution in [0.1, 0.15) is 10.4 Å². The van der Waals surface area contributed by atoms with Gasteiger partial charge in [0, 0.05) is 37.8 Å². The number of carbonyl (C=O) groups excluding carboxylic acids is 1. The third-order valence-corrected chi connectivity index (χ3v) is 4.89. The first-order chi connectivity index (χ1) is 11.8. The average Bonchev–Trinajstić information content (AvgIpc) is 3.30. The quantitative estimate of drug-likeness (QED) is 0.676. The zero-order chi connectivity index (χ0) is 16.5. The van der Waals surface area contributed by atoms with Gasteiger partial charge in [0.2, 0.25) is 0 Å². The number of hydrogen-bond acceptors (Lipinski definition) is 8. The number of para-hydroxylation sites is 1. The summed E-state index contributed by atoms with van der Waals surface area (Å²) in [6, 6.07) is 5.81. The number of rotatable bonds is 3. The number of hydrogen-bond donors (Lipinski definition) is 0. The molecule has 0 unspecified atom stereocenters. The number of benzene rings is 1. The minimum atomic E-state index is -0.408. The van der Waals surface area contributed by atoms with Crippen molar-refractivity contribution in [2.24, 2.45) is 0 Å². The van der Waals surface area contributed by atoms with Crippen LogP contribution < -0.4 is 9.80 Å². The molecule has 0 radical (unpaired) electrons. The fraction of sp³-hybridized carbons (Fsp3) is 0.312. The molecule has 24 heavy (non-hydrogen) atoms. The minimum Gasteiger partial charge on any atom is -0.465 e. The molecule has 0 spiro atoms. The van der Waals surface area contributed by atoms with Gasteiger partial charge in [0.15, 0.2) is 10.7 Å². The molecule has 2 aromatic heterocycles. The summed E-state index contributed by atoms with van der Waals surface area (Å²) in [5, 5.41) is 3.02. The largest absolute Gasteiger partial charge is 0.465 e. The van der Waals surface area contributed by atoms with Crippen molar-refractivity contribution in [3.8, 4) is 0 Å². The molecule has 0 saturated carbocycles. The number of aromatic nitrogens is 2. The fourth-order valence-corrected chi connectivity index (χ4v) is 3.50. The predicted molar refractivity (Wildman–Crippen MR) is 91.9 cm³/mol. The smallest absolute Gasteiger partial charge is 0.340 e. The third-order valence-electron chi connectivity index (χ3n) is 4.05. The molecule has 1 fully saturated rings. The van der Waals surface area contributed by atoms with Gasteiger partial charge in [-0.3, -0.25) is 0 Å². The lowest BCUT2D eigenvalue weighted by atomic mass is 10.2. The van der Waals surface area contributed by atoms with Crippen LogP contribution in [-0.2, 0) is 4.74 Å². The highest BCUT2D eigenvalue weighted by Gasteiger charge is 2.23. The molecule has 1 aliphatic heterocycles. The molecular weight excluding hydrogens is 328 g/mol. The number of esters is 1. The Morgan fingerprint density at radius 1 is 1.25 bits per heavy atom. The van der Waals surface area contributed by atoms with Crippen LogP contribution in [-0.4, -0.2) is 49.2 Å². The molecule has 1 aromatic carbocycles. The monoisotopic (exact) mass is 344 g/mol. The molecule has 0 aliphatic carbocycles. The molecule has 0 bridgehead atoms. The van der Waals surface area contributed by atoms with E-state index < -0.39 is 5.97 Å². The van der Waals surface area contributed by atoms with E-state index >= 15 is 0 Å². The molecule has 4 rings (SSSR count). The fourth-order valence-electron chi connectivity index (χ4n) is 2.81. The van der Waals surface area contributed by atoms with E-state index in [2.05, 4.69) is 19.8 Å². The van der Waals surface area contributed by atoms with Crippen LogP contribution in [0, 0.1) is 0 Å². The van der Waals surface area contributed by atoms with Gasteiger partial charge in [-0.1, -0.05) is 6.07 Å². The van der Waals surface area contributed by atoms with Crippen LogP contribution in [0.25, 0.3) is 11.1 Å². The summed E-state index contributed by atoms with van der Waals surface area (Å²) in [6.07, 6.45) is 1.82. The van der Waals surface area contributed by atoms with E-state index in [9.17, 15) is 4.79 Å². The number of fused-ring (bicyclic) bond motifs is 1. The van der Waals surface area contributed by atoms with Gasteiger partial charge in [-0.25, -0.2) is 9.78 Å². The van der Waals surface area contributed by atoms with E-state index in [4.69, 9.17) is 9.15 Å². The number of piperazine rings is 1. The summed E-state index contributed by atoms with van der Waals surface area (Å²) in [4.78, 5) is 25.1. The van der Waals surface area contributed by atoms with Gasteiger partial charge in [0.1, 0.15) is 5.52 Å². The Kier molecular flexibility index (Phi) is 3.81. The van der Waals surface area contributed by atoms with E-state index in [0.29, 0.717) is 22.7 Å². The number of ether oxygens (including phenoxy) is 1. The standard InChI is InChI=1S/C16H16N4O3S/c1-22-14(21)11-3-2-4-12-13(11)18-15(23-12)19-6-8-20(9-7-19)16-17-5-10-24-16/h2-5,10H,6-9H2,1H3. The maximum Gasteiger partial charge on any atom is 0.340 e. The van der Waals surface area contributed by atoms with Crippen LogP contribution in [0.3, 0.4) is 0 Å². The molecule has 8 heteroatoms. The number of thiazole rings is 1. The lowest BCUT2D eigenvalue weighted by Gasteiger charge is -2.33. The number of oxazole rings is 1. The number of nitrogens with zero attached hydrogens (tertiary/aromatic N) is 4. The van der Waals surface area contributed by atoms with Crippen molar-refractivity contribution in [1.82, 2.24) is 9.97 Å². The van der Waals surface area contributed by atoms with E-state index in [1.165, 1.54) is 7.11 Å². The third kappa shape index (κ3) is 2.58. The Balaban J connectivity index is 1.56. The lowest BCUT2D eigenvalue weighted by molar-refractivity contribution is 0.0603. The maximum atomic E-state index is 11.9. The SMILES string of the molecule is COC(=O)c1cccc2oc(N3CCN(c4nccs4)CC3)nc12. The Hall–Kier alpha value is -2.61. The Morgan fingerprint density at radius 2 is 2.04 bits per heavy atom. The molecule has 3 aromatic rings. The van der Waals surface area contributed by atoms with Crippen LogP contribution in [0.2, 0.25) is 0 Å². The minimum absolute atomic E-state index is 0.408. The molecule has 0 amide bonds. The van der Waals surface area contributed by atoms with Crippen LogP contribution in [0.5, 0.6) is 0 Å². The van der Waals surface area contributed by atoms with E-state index in [-0.39, 0.29) is 0 Å². The zero-order valence-corrected chi connectivity index (χ0v) is 14.0. The van der Waals surface area contributed by atoms with Gasteiger partial charge in [-0.15, -0.1) is 11.3 Å². The second kappa shape index (κ2) is 6.12. The maximum absolute atomic E-state index is 11.9. The zero-order valence-electron chi connectivity index (χ0n) is 13.1. The molecular formula is C16H16N4O3S. The van der Waals surface area contributed by atoms with E-state index in [1.807, 2.05) is 17.6 Å². The van der Waals surface area contributed by atoms with Crippen molar-refractivity contribution in [1.29, 1.82) is 0 Å². The number of methoxy groups -OCH3 is 1. The molecule has 0 N–H and O–H groups in total. The summed E-state index contributed by atoms with van der Waals surface area (Å²) >= 11 is 1.64. The molecule has 0 atom stereocenters. The molecule has 3 heterocycles. The first kappa shape index (κ1) is 14.9. The summed E-state index contributed by atoms with van der Waals surface area (Å²) in [6.45, 7) is 3.30. The topological polar surface area (TPSA) is 71.7 Å². The van der Waals surface area contributed by atoms with Crippen molar-refractivity contribution in [2.75, 3.05) is 43.1 Å². The highest BCUT2D eigenvalue weighted by atomic mass is 32.1. The second-order valence-corrected chi connectivity index (χ2v) is 6.30. The van der Waals surface area contributed by atoms with Crippen molar-refractivity contribution >= 4 is 39.6 Å². The normalized spacial score (nSPS) is 15.0. The van der Waals surface area contributed by atoms with Gasteiger partial charge in [-0.05, 0) is 12.1 Å². The predicted octanol–water partition coefficient (Wildman–Crippen LogP) is 2.40. The van der Waals surface area contributed by atoms with Crippen LogP contribution in [0.4, 0.5) is 11.1 Å².